The monoisotopic (exact) mass is 620 g/mol. The number of carbonyl (C=O) groups is 7. The number of carbonyl (C=O) groups excluding carboxylic acids is 7. The van der Waals surface area contributed by atoms with E-state index < -0.39 is 110 Å². The molecule has 43 heavy (non-hydrogen) atoms. The number of rotatable bonds is 10. The molecule has 0 aliphatic carbocycles. The molecule has 0 N–H and O–H groups in total. The van der Waals surface area contributed by atoms with Gasteiger partial charge in [-0.3, -0.25) is 33.6 Å². The van der Waals surface area contributed by atoms with Crippen LogP contribution < -0.4 is 0 Å². The molecule has 10 atom stereocenters. The fourth-order valence-electron chi connectivity index (χ4n) is 4.51. The van der Waals surface area contributed by atoms with Crippen molar-refractivity contribution in [2.75, 3.05) is 6.61 Å². The van der Waals surface area contributed by atoms with Crippen molar-refractivity contribution < 1.29 is 80.9 Å². The van der Waals surface area contributed by atoms with Crippen LogP contribution in [0.15, 0.2) is 0 Å². The van der Waals surface area contributed by atoms with Gasteiger partial charge >= 0.3 is 41.8 Å². The van der Waals surface area contributed by atoms with Crippen LogP contribution in [0, 0.1) is 0 Å². The molecule has 2 rings (SSSR count). The second kappa shape index (κ2) is 15.6. The van der Waals surface area contributed by atoms with Gasteiger partial charge in [-0.25, -0.2) is 0 Å². The summed E-state index contributed by atoms with van der Waals surface area (Å²) in [6, 6.07) is 0. The average molecular weight is 621 g/mol. The Morgan fingerprint density at radius 2 is 0.884 bits per heavy atom. The normalized spacial score (nSPS) is 31.9. The molecule has 17 nitrogen and oxygen atoms in total. The molecular formula is C26H36O17. The van der Waals surface area contributed by atoms with Crippen LogP contribution in [0.3, 0.4) is 0 Å². The first kappa shape index (κ1) is 35.4. The van der Waals surface area contributed by atoms with E-state index in [4.69, 9.17) is 47.4 Å². The van der Waals surface area contributed by atoms with Gasteiger partial charge in [0.25, 0.3) is 0 Å². The molecular weight excluding hydrogens is 584 g/mol. The maximum atomic E-state index is 12.2. The number of hydrogen-bond donors (Lipinski definition) is 0. The fraction of sp³-hybridized carbons (Fsp3) is 0.731. The number of esters is 7. The minimum Gasteiger partial charge on any atom is -0.463 e. The van der Waals surface area contributed by atoms with Gasteiger partial charge in [-0.05, 0) is 6.92 Å². The van der Waals surface area contributed by atoms with E-state index in [1.165, 1.54) is 6.92 Å². The Hall–Kier alpha value is -3.83. The Bertz CT molecular complexity index is 1070. The van der Waals surface area contributed by atoms with Gasteiger partial charge in [-0.2, -0.15) is 0 Å². The lowest BCUT2D eigenvalue weighted by atomic mass is 9.96. The second-order valence-electron chi connectivity index (χ2n) is 9.64. The molecule has 0 saturated carbocycles. The van der Waals surface area contributed by atoms with E-state index in [0.717, 1.165) is 48.5 Å². The number of hydrogen-bond acceptors (Lipinski definition) is 17. The lowest BCUT2D eigenvalue weighted by Gasteiger charge is -2.48. The molecule has 2 aliphatic heterocycles. The van der Waals surface area contributed by atoms with Crippen LogP contribution in [0.25, 0.3) is 0 Å². The van der Waals surface area contributed by atoms with E-state index in [0.29, 0.717) is 0 Å². The molecule has 0 unspecified atom stereocenters. The van der Waals surface area contributed by atoms with Gasteiger partial charge in [-0.1, -0.05) is 0 Å². The molecule has 0 aromatic heterocycles. The molecule has 0 aromatic carbocycles. The third-order valence-corrected chi connectivity index (χ3v) is 5.85. The molecule has 0 radical (unpaired) electrons. The Labute approximate surface area is 246 Å². The van der Waals surface area contributed by atoms with Crippen LogP contribution in [-0.4, -0.2) is 110 Å². The van der Waals surface area contributed by atoms with Crippen molar-refractivity contribution in [3.05, 3.63) is 0 Å². The van der Waals surface area contributed by atoms with Crippen LogP contribution in [0.5, 0.6) is 0 Å². The zero-order chi connectivity index (χ0) is 32.6. The summed E-state index contributed by atoms with van der Waals surface area (Å²) in [6.07, 6.45) is -14.8. The Morgan fingerprint density at radius 3 is 1.35 bits per heavy atom. The third-order valence-electron chi connectivity index (χ3n) is 5.85. The molecule has 2 saturated heterocycles. The van der Waals surface area contributed by atoms with Gasteiger partial charge in [0, 0.05) is 48.5 Å². The first-order chi connectivity index (χ1) is 20.0. The third kappa shape index (κ3) is 10.4. The number of ether oxygens (including phenoxy) is 10. The summed E-state index contributed by atoms with van der Waals surface area (Å²) in [5, 5.41) is 0. The molecule has 0 aromatic rings. The molecule has 2 fully saturated rings. The molecule has 17 heteroatoms. The lowest BCUT2D eigenvalue weighted by Crippen LogP contribution is -2.66. The smallest absolute Gasteiger partial charge is 0.305 e. The predicted molar refractivity (Wildman–Crippen MR) is 134 cm³/mol. The first-order valence-corrected chi connectivity index (χ1v) is 13.1. The summed E-state index contributed by atoms with van der Waals surface area (Å²) >= 11 is 0. The predicted octanol–water partition coefficient (Wildman–Crippen LogP) is -0.374. The van der Waals surface area contributed by atoms with Crippen molar-refractivity contribution in [3.63, 3.8) is 0 Å². The van der Waals surface area contributed by atoms with Crippen molar-refractivity contribution >= 4 is 41.8 Å². The van der Waals surface area contributed by atoms with Gasteiger partial charge in [0.15, 0.2) is 42.9 Å². The average Bonchev–Trinajstić information content (AvgIpc) is 2.84. The summed E-state index contributed by atoms with van der Waals surface area (Å²) in [4.78, 5) is 83.7. The van der Waals surface area contributed by atoms with E-state index in [2.05, 4.69) is 0 Å². The maximum Gasteiger partial charge on any atom is 0.305 e. The van der Waals surface area contributed by atoms with E-state index in [9.17, 15) is 33.6 Å². The Kier molecular flexibility index (Phi) is 12.8. The SMILES string of the molecule is CC(=O)OC[C@H]1O[C@@H](OC(C)=O)[C@H](O[C@@H]2O[C@@H](C)[C@H](OC(C)=O)[C@@H](OC(C)=O)[C@H]2OC(C)=O)[C@@H](OC(C)=O)[C@@H]1OC(C)=O. The van der Waals surface area contributed by atoms with Crippen molar-refractivity contribution in [2.24, 2.45) is 0 Å². The van der Waals surface area contributed by atoms with Crippen LogP contribution in [0.2, 0.25) is 0 Å². The van der Waals surface area contributed by atoms with Gasteiger partial charge in [0.2, 0.25) is 6.29 Å². The second-order valence-corrected chi connectivity index (χ2v) is 9.64. The molecule has 242 valence electrons. The van der Waals surface area contributed by atoms with E-state index in [-0.39, 0.29) is 0 Å². The lowest BCUT2D eigenvalue weighted by molar-refractivity contribution is -0.361. The van der Waals surface area contributed by atoms with Crippen LogP contribution in [0.1, 0.15) is 55.4 Å². The molecule has 0 spiro atoms. The van der Waals surface area contributed by atoms with Crippen LogP contribution in [0.4, 0.5) is 0 Å². The van der Waals surface area contributed by atoms with E-state index in [1.54, 1.807) is 0 Å². The summed E-state index contributed by atoms with van der Waals surface area (Å²) in [7, 11) is 0. The molecule has 0 amide bonds. The Morgan fingerprint density at radius 1 is 0.465 bits per heavy atom. The maximum absolute atomic E-state index is 12.2. The largest absolute Gasteiger partial charge is 0.463 e. The highest BCUT2D eigenvalue weighted by atomic mass is 16.8. The first-order valence-electron chi connectivity index (χ1n) is 13.1. The molecule has 2 aliphatic rings. The Balaban J connectivity index is 2.62. The zero-order valence-corrected chi connectivity index (χ0v) is 24.9. The quantitative estimate of drug-likeness (QED) is 0.225. The minimum atomic E-state index is -1.70. The minimum absolute atomic E-state index is 0.513. The molecule has 2 heterocycles. The summed E-state index contributed by atoms with van der Waals surface area (Å²) < 4.78 is 54.9. The van der Waals surface area contributed by atoms with Crippen molar-refractivity contribution in [2.45, 2.75) is 117 Å². The van der Waals surface area contributed by atoms with Gasteiger partial charge < -0.3 is 47.4 Å². The summed E-state index contributed by atoms with van der Waals surface area (Å²) in [6.45, 7) is 8.42. The van der Waals surface area contributed by atoms with Gasteiger partial charge in [-0.15, -0.1) is 0 Å². The van der Waals surface area contributed by atoms with E-state index >= 15 is 0 Å². The highest BCUT2D eigenvalue weighted by Crippen LogP contribution is 2.35. The fourth-order valence-corrected chi connectivity index (χ4v) is 4.51. The topological polar surface area (TPSA) is 212 Å². The zero-order valence-electron chi connectivity index (χ0n) is 24.9. The van der Waals surface area contributed by atoms with Crippen molar-refractivity contribution in [1.82, 2.24) is 0 Å². The van der Waals surface area contributed by atoms with Crippen LogP contribution in [-0.2, 0) is 80.9 Å². The molecule has 0 bridgehead atoms. The standard InChI is InChI=1S/C26H36O17/c1-10-19(36-12(3)28)21(38-14(5)30)23(40-16(7)32)25(35-10)43-24-22(39-15(6)31)20(37-13(4)29)18(9-34-11(2)27)42-26(24)41-17(8)33/h10,18-26H,9H2,1-8H3/t10-,18+,19-,20+,21+,22-,23+,24+,25-,26+/m0/s1. The summed E-state index contributed by atoms with van der Waals surface area (Å²) in [5.74, 6) is -5.78. The van der Waals surface area contributed by atoms with Crippen LogP contribution >= 0.6 is 0 Å². The highest BCUT2D eigenvalue weighted by Gasteiger charge is 2.57. The highest BCUT2D eigenvalue weighted by molar-refractivity contribution is 5.69. The van der Waals surface area contributed by atoms with Gasteiger partial charge in [0.05, 0.1) is 6.10 Å². The van der Waals surface area contributed by atoms with Gasteiger partial charge in [0.1, 0.15) is 12.7 Å². The van der Waals surface area contributed by atoms with E-state index in [1.807, 2.05) is 0 Å². The summed E-state index contributed by atoms with van der Waals surface area (Å²) in [5.41, 5.74) is 0. The van der Waals surface area contributed by atoms with Crippen molar-refractivity contribution in [1.29, 1.82) is 0 Å². The van der Waals surface area contributed by atoms with Crippen molar-refractivity contribution in [3.8, 4) is 0 Å².